The van der Waals surface area contributed by atoms with E-state index in [0.29, 0.717) is 16.2 Å². The quantitative estimate of drug-likeness (QED) is 0.689. The van der Waals surface area contributed by atoms with E-state index >= 15 is 0 Å². The van der Waals surface area contributed by atoms with Crippen molar-refractivity contribution in [2.45, 2.75) is 13.0 Å². The van der Waals surface area contributed by atoms with Gasteiger partial charge in [0, 0.05) is 11.9 Å². The molecule has 0 saturated heterocycles. The van der Waals surface area contributed by atoms with E-state index in [4.69, 9.17) is 21.7 Å². The van der Waals surface area contributed by atoms with E-state index in [2.05, 4.69) is 10.3 Å². The summed E-state index contributed by atoms with van der Waals surface area (Å²) in [6.07, 6.45) is 1.62. The summed E-state index contributed by atoms with van der Waals surface area (Å²) in [5.74, 6) is 1.19. The molecule has 0 saturated carbocycles. The average molecular weight is 367 g/mol. The van der Waals surface area contributed by atoms with E-state index in [-0.39, 0.29) is 18.7 Å². The zero-order chi connectivity index (χ0) is 18.1. The van der Waals surface area contributed by atoms with Gasteiger partial charge in [-0.25, -0.2) is 0 Å². The van der Waals surface area contributed by atoms with Crippen molar-refractivity contribution in [2.75, 3.05) is 6.79 Å². The van der Waals surface area contributed by atoms with E-state index < -0.39 is 0 Å². The lowest BCUT2D eigenvalue weighted by molar-refractivity contribution is 0.0932. The summed E-state index contributed by atoms with van der Waals surface area (Å²) >= 11 is 5.33. The monoisotopic (exact) mass is 367 g/mol. The van der Waals surface area contributed by atoms with E-state index in [1.54, 1.807) is 10.8 Å². The minimum absolute atomic E-state index is 0.204. The van der Waals surface area contributed by atoms with Crippen molar-refractivity contribution in [1.82, 2.24) is 14.9 Å². The molecule has 0 aliphatic carbocycles. The third kappa shape index (κ3) is 2.97. The van der Waals surface area contributed by atoms with Gasteiger partial charge in [-0.2, -0.15) is 0 Å². The number of H-pyrrole nitrogens is 1. The van der Waals surface area contributed by atoms with E-state index in [1.807, 2.05) is 55.5 Å². The van der Waals surface area contributed by atoms with Crippen LogP contribution >= 0.6 is 12.2 Å². The summed E-state index contributed by atoms with van der Waals surface area (Å²) in [5, 5.41) is 3.00. The number of ether oxygens (including phenoxy) is 2. The van der Waals surface area contributed by atoms with Gasteiger partial charge < -0.3 is 19.8 Å². The zero-order valence-corrected chi connectivity index (χ0v) is 14.9. The topological polar surface area (TPSA) is 68.3 Å². The molecule has 0 bridgehead atoms. The Bertz CT molecular complexity index is 1010. The zero-order valence-electron chi connectivity index (χ0n) is 14.1. The van der Waals surface area contributed by atoms with Gasteiger partial charge in [0.1, 0.15) is 5.69 Å². The number of fused-ring (bicyclic) bond motifs is 1. The lowest BCUT2D eigenvalue weighted by Gasteiger charge is -2.15. The number of para-hydroxylation sites is 1. The Morgan fingerprint density at radius 2 is 1.96 bits per heavy atom. The number of rotatable bonds is 4. The molecule has 2 N–H and O–H groups in total. The highest BCUT2D eigenvalue weighted by atomic mass is 32.1. The van der Waals surface area contributed by atoms with Crippen LogP contribution in [0.1, 0.15) is 29.0 Å². The molecule has 0 fully saturated rings. The lowest BCUT2D eigenvalue weighted by atomic mass is 10.1. The molecule has 1 atom stereocenters. The average Bonchev–Trinajstić information content (AvgIpc) is 3.28. The molecule has 0 radical (unpaired) electrons. The van der Waals surface area contributed by atoms with Gasteiger partial charge in [0.15, 0.2) is 16.3 Å². The molecule has 2 heterocycles. The van der Waals surface area contributed by atoms with E-state index in [1.165, 1.54) is 0 Å². The van der Waals surface area contributed by atoms with Gasteiger partial charge >= 0.3 is 0 Å². The molecule has 3 aromatic rings. The van der Waals surface area contributed by atoms with Gasteiger partial charge in [0.05, 0.1) is 6.04 Å². The largest absolute Gasteiger partial charge is 0.454 e. The first-order chi connectivity index (χ1) is 12.6. The summed E-state index contributed by atoms with van der Waals surface area (Å²) in [7, 11) is 0. The van der Waals surface area contributed by atoms with Gasteiger partial charge in [-0.3, -0.25) is 9.36 Å². The Hall–Kier alpha value is -3.06. The SMILES string of the molecule is CC(NC(=O)c1c[nH]c(=S)n1-c1ccccc1)c1ccc2c(c1)OCO2. The van der Waals surface area contributed by atoms with Gasteiger partial charge in [0.2, 0.25) is 6.79 Å². The molecule has 26 heavy (non-hydrogen) atoms. The standard InChI is InChI=1S/C19H17N3O3S/c1-12(13-7-8-16-17(9-13)25-11-24-16)21-18(23)15-10-20-19(26)22(15)14-5-3-2-4-6-14/h2-10,12H,11H2,1H3,(H,20,26)(H,21,23). The number of carbonyl (C=O) groups excluding carboxylic acids is 1. The molecule has 0 spiro atoms. The van der Waals surface area contributed by atoms with Crippen molar-refractivity contribution >= 4 is 18.1 Å². The number of hydrogen-bond donors (Lipinski definition) is 2. The fraction of sp³-hybridized carbons (Fsp3) is 0.158. The molecule has 4 rings (SSSR count). The second-order valence-corrected chi connectivity index (χ2v) is 6.34. The smallest absolute Gasteiger partial charge is 0.270 e. The van der Waals surface area contributed by atoms with Crippen LogP contribution in [0.3, 0.4) is 0 Å². The fourth-order valence-electron chi connectivity index (χ4n) is 2.91. The predicted molar refractivity (Wildman–Crippen MR) is 99.4 cm³/mol. The molecule has 1 aliphatic heterocycles. The number of imidazole rings is 1. The normalized spacial score (nSPS) is 13.4. The summed E-state index contributed by atoms with van der Waals surface area (Å²) < 4.78 is 12.9. The second-order valence-electron chi connectivity index (χ2n) is 5.96. The lowest BCUT2D eigenvalue weighted by Crippen LogP contribution is -2.28. The Morgan fingerprint density at radius 1 is 1.19 bits per heavy atom. The van der Waals surface area contributed by atoms with Crippen molar-refractivity contribution in [1.29, 1.82) is 0 Å². The first-order valence-electron chi connectivity index (χ1n) is 8.20. The van der Waals surface area contributed by atoms with Crippen molar-refractivity contribution in [2.24, 2.45) is 0 Å². The van der Waals surface area contributed by atoms with Crippen LogP contribution < -0.4 is 14.8 Å². The highest BCUT2D eigenvalue weighted by Gasteiger charge is 2.19. The molecular weight excluding hydrogens is 350 g/mol. The number of amides is 1. The van der Waals surface area contributed by atoms with Gasteiger partial charge in [-0.1, -0.05) is 24.3 Å². The number of nitrogens with one attached hydrogen (secondary N) is 2. The summed E-state index contributed by atoms with van der Waals surface area (Å²) in [4.78, 5) is 15.8. The summed E-state index contributed by atoms with van der Waals surface area (Å²) in [6, 6.07) is 15.0. The first-order valence-corrected chi connectivity index (χ1v) is 8.60. The Labute approximate surface area is 155 Å². The van der Waals surface area contributed by atoms with Crippen LogP contribution in [0.15, 0.2) is 54.7 Å². The molecule has 132 valence electrons. The highest BCUT2D eigenvalue weighted by Crippen LogP contribution is 2.34. The number of hydrogen-bond acceptors (Lipinski definition) is 4. The molecule has 7 heteroatoms. The third-order valence-electron chi connectivity index (χ3n) is 4.27. The summed E-state index contributed by atoms with van der Waals surface area (Å²) in [6.45, 7) is 2.14. The molecule has 1 aromatic heterocycles. The van der Waals surface area contributed by atoms with Crippen molar-refractivity contribution < 1.29 is 14.3 Å². The Kier molecular flexibility index (Phi) is 4.22. The van der Waals surface area contributed by atoms with Crippen molar-refractivity contribution in [3.8, 4) is 17.2 Å². The number of carbonyl (C=O) groups is 1. The van der Waals surface area contributed by atoms with Crippen LogP contribution in [0, 0.1) is 4.77 Å². The van der Waals surface area contributed by atoms with Gasteiger partial charge in [-0.05, 0) is 49.0 Å². The Balaban J connectivity index is 1.58. The van der Waals surface area contributed by atoms with Crippen LogP contribution in [0.25, 0.3) is 5.69 Å². The summed E-state index contributed by atoms with van der Waals surface area (Å²) in [5.41, 5.74) is 2.22. The van der Waals surface area contributed by atoms with E-state index in [0.717, 1.165) is 17.0 Å². The maximum absolute atomic E-state index is 12.8. The van der Waals surface area contributed by atoms with Crippen LogP contribution in [-0.2, 0) is 0 Å². The minimum Gasteiger partial charge on any atom is -0.454 e. The predicted octanol–water partition coefficient (Wildman–Crippen LogP) is 3.75. The molecule has 1 aliphatic rings. The molecular formula is C19H17N3O3S. The number of benzene rings is 2. The highest BCUT2D eigenvalue weighted by molar-refractivity contribution is 7.71. The third-order valence-corrected chi connectivity index (χ3v) is 4.57. The molecule has 2 aromatic carbocycles. The Morgan fingerprint density at radius 3 is 2.77 bits per heavy atom. The number of aromatic nitrogens is 2. The number of aromatic amines is 1. The maximum atomic E-state index is 12.8. The molecule has 1 unspecified atom stereocenters. The molecule has 6 nitrogen and oxygen atoms in total. The van der Waals surface area contributed by atoms with Crippen LogP contribution in [0.5, 0.6) is 11.5 Å². The molecule has 1 amide bonds. The maximum Gasteiger partial charge on any atom is 0.270 e. The van der Waals surface area contributed by atoms with Crippen LogP contribution in [-0.4, -0.2) is 22.3 Å². The first kappa shape index (κ1) is 16.4. The second kappa shape index (κ2) is 6.68. The van der Waals surface area contributed by atoms with Crippen molar-refractivity contribution in [3.63, 3.8) is 0 Å². The van der Waals surface area contributed by atoms with Crippen LogP contribution in [0.4, 0.5) is 0 Å². The van der Waals surface area contributed by atoms with E-state index in [9.17, 15) is 4.79 Å². The van der Waals surface area contributed by atoms with Gasteiger partial charge in [0.25, 0.3) is 5.91 Å². The van der Waals surface area contributed by atoms with Crippen LogP contribution in [0.2, 0.25) is 0 Å². The minimum atomic E-state index is -0.216. The fourth-order valence-corrected chi connectivity index (χ4v) is 3.17. The number of nitrogens with zero attached hydrogens (tertiary/aromatic N) is 1. The van der Waals surface area contributed by atoms with Gasteiger partial charge in [-0.15, -0.1) is 0 Å². The van der Waals surface area contributed by atoms with Crippen molar-refractivity contribution in [3.05, 3.63) is 70.8 Å².